The van der Waals surface area contributed by atoms with Gasteiger partial charge in [0.25, 0.3) is 5.89 Å². The lowest BCUT2D eigenvalue weighted by Gasteiger charge is -1.97. The summed E-state index contributed by atoms with van der Waals surface area (Å²) in [7, 11) is 0. The molecule has 0 N–H and O–H groups in total. The van der Waals surface area contributed by atoms with Crippen molar-refractivity contribution in [2.45, 2.75) is 12.8 Å². The molecule has 2 aromatic heterocycles. The van der Waals surface area contributed by atoms with E-state index in [4.69, 9.17) is 20.5 Å². The van der Waals surface area contributed by atoms with Gasteiger partial charge in [0.2, 0.25) is 5.89 Å². The van der Waals surface area contributed by atoms with E-state index in [0.29, 0.717) is 28.8 Å². The fraction of sp³-hybridized carbons (Fsp3) is 0.154. The van der Waals surface area contributed by atoms with Crippen LogP contribution in [0.1, 0.15) is 11.7 Å². The lowest BCUT2D eigenvalue weighted by molar-refractivity contribution is 0.399. The summed E-state index contributed by atoms with van der Waals surface area (Å²) >= 11 is 5.66. The molecule has 6 heteroatoms. The van der Waals surface area contributed by atoms with Gasteiger partial charge in [-0.25, -0.2) is 0 Å². The second-order valence-electron chi connectivity index (χ2n) is 3.96. The van der Waals surface area contributed by atoms with E-state index in [1.54, 1.807) is 6.92 Å². The van der Waals surface area contributed by atoms with Crippen molar-refractivity contribution in [2.24, 2.45) is 0 Å². The van der Waals surface area contributed by atoms with Gasteiger partial charge in [-0.05, 0) is 6.92 Å². The monoisotopic (exact) mass is 275 g/mol. The summed E-state index contributed by atoms with van der Waals surface area (Å²) in [5, 5.41) is 11.9. The zero-order valence-electron chi connectivity index (χ0n) is 10.1. The van der Waals surface area contributed by atoms with E-state index in [9.17, 15) is 0 Å². The first-order valence-corrected chi connectivity index (χ1v) is 6.23. The van der Waals surface area contributed by atoms with Crippen LogP contribution < -0.4 is 0 Å². The number of aryl methyl sites for hydroxylation is 1. The van der Waals surface area contributed by atoms with E-state index in [0.717, 1.165) is 5.56 Å². The van der Waals surface area contributed by atoms with Crippen LogP contribution in [0.2, 0.25) is 0 Å². The van der Waals surface area contributed by atoms with Gasteiger partial charge in [0.15, 0.2) is 0 Å². The molecule has 0 unspecified atom stereocenters. The maximum Gasteiger partial charge on any atom is 0.253 e. The standard InChI is InChI=1S/C13H10ClN3O2/c1-8-11(13-16-15-10(7-14)18-13)12(17-19-8)9-5-3-2-4-6-9/h2-6H,7H2,1H3. The Morgan fingerprint density at radius 2 is 1.95 bits per heavy atom. The van der Waals surface area contributed by atoms with Crippen molar-refractivity contribution in [3.63, 3.8) is 0 Å². The molecule has 0 aliphatic rings. The molecule has 0 aliphatic carbocycles. The lowest BCUT2D eigenvalue weighted by atomic mass is 10.1. The first kappa shape index (κ1) is 11.9. The summed E-state index contributed by atoms with van der Waals surface area (Å²) in [6.45, 7) is 1.80. The molecule has 0 spiro atoms. The summed E-state index contributed by atoms with van der Waals surface area (Å²) in [5.74, 6) is 1.55. The maximum absolute atomic E-state index is 5.66. The molecule has 0 saturated carbocycles. The van der Waals surface area contributed by atoms with Crippen molar-refractivity contribution >= 4 is 11.6 Å². The predicted molar refractivity (Wildman–Crippen MR) is 69.5 cm³/mol. The number of rotatable bonds is 3. The molecular weight excluding hydrogens is 266 g/mol. The minimum Gasteiger partial charge on any atom is -0.419 e. The van der Waals surface area contributed by atoms with Crippen molar-refractivity contribution in [1.29, 1.82) is 0 Å². The lowest BCUT2D eigenvalue weighted by Crippen LogP contribution is -1.84. The molecule has 3 aromatic rings. The highest BCUT2D eigenvalue weighted by atomic mass is 35.5. The summed E-state index contributed by atoms with van der Waals surface area (Å²) in [4.78, 5) is 0. The minimum absolute atomic E-state index is 0.179. The highest BCUT2D eigenvalue weighted by Crippen LogP contribution is 2.33. The van der Waals surface area contributed by atoms with Crippen LogP contribution >= 0.6 is 11.6 Å². The van der Waals surface area contributed by atoms with Crippen LogP contribution in [0.5, 0.6) is 0 Å². The van der Waals surface area contributed by atoms with Gasteiger partial charge in [0.05, 0.1) is 0 Å². The molecule has 0 aliphatic heterocycles. The van der Waals surface area contributed by atoms with Crippen molar-refractivity contribution in [3.05, 3.63) is 42.0 Å². The van der Waals surface area contributed by atoms with E-state index in [2.05, 4.69) is 15.4 Å². The van der Waals surface area contributed by atoms with Crippen LogP contribution in [0.4, 0.5) is 0 Å². The van der Waals surface area contributed by atoms with Crippen molar-refractivity contribution in [3.8, 4) is 22.7 Å². The molecule has 0 atom stereocenters. The smallest absolute Gasteiger partial charge is 0.253 e. The van der Waals surface area contributed by atoms with Gasteiger partial charge >= 0.3 is 0 Å². The van der Waals surface area contributed by atoms with Gasteiger partial charge in [-0.2, -0.15) is 0 Å². The summed E-state index contributed by atoms with van der Waals surface area (Å²) in [6.07, 6.45) is 0. The van der Waals surface area contributed by atoms with Gasteiger partial charge in [-0.1, -0.05) is 35.5 Å². The number of nitrogens with zero attached hydrogens (tertiary/aromatic N) is 3. The molecule has 0 saturated heterocycles. The molecule has 5 nitrogen and oxygen atoms in total. The molecule has 0 radical (unpaired) electrons. The quantitative estimate of drug-likeness (QED) is 0.685. The molecule has 0 amide bonds. The van der Waals surface area contributed by atoms with Crippen LogP contribution in [0.25, 0.3) is 22.7 Å². The van der Waals surface area contributed by atoms with Gasteiger partial charge in [0.1, 0.15) is 22.9 Å². The maximum atomic E-state index is 5.66. The van der Waals surface area contributed by atoms with Gasteiger partial charge in [-0.3, -0.25) is 0 Å². The molecule has 96 valence electrons. The third kappa shape index (κ3) is 2.13. The summed E-state index contributed by atoms with van der Waals surface area (Å²) in [5.41, 5.74) is 2.32. The average molecular weight is 276 g/mol. The molecular formula is C13H10ClN3O2. The number of hydrogen-bond acceptors (Lipinski definition) is 5. The second-order valence-corrected chi connectivity index (χ2v) is 4.23. The fourth-order valence-corrected chi connectivity index (χ4v) is 1.93. The Morgan fingerprint density at radius 3 is 2.63 bits per heavy atom. The molecule has 3 rings (SSSR count). The van der Waals surface area contributed by atoms with Gasteiger partial charge in [-0.15, -0.1) is 21.8 Å². The highest BCUT2D eigenvalue weighted by Gasteiger charge is 2.21. The SMILES string of the molecule is Cc1onc(-c2ccccc2)c1-c1nnc(CCl)o1. The van der Waals surface area contributed by atoms with Crippen molar-refractivity contribution in [2.75, 3.05) is 0 Å². The number of alkyl halides is 1. The average Bonchev–Trinajstić information content (AvgIpc) is 3.05. The normalized spacial score (nSPS) is 10.8. The number of halogens is 1. The molecule has 0 fully saturated rings. The zero-order valence-corrected chi connectivity index (χ0v) is 10.9. The Bertz CT molecular complexity index is 691. The Kier molecular flexibility index (Phi) is 3.05. The Balaban J connectivity index is 2.14. The number of hydrogen-bond donors (Lipinski definition) is 0. The Morgan fingerprint density at radius 1 is 1.16 bits per heavy atom. The molecule has 0 bridgehead atoms. The van der Waals surface area contributed by atoms with Crippen LogP contribution in [-0.2, 0) is 5.88 Å². The van der Waals surface area contributed by atoms with E-state index in [1.165, 1.54) is 0 Å². The third-order valence-corrected chi connectivity index (χ3v) is 2.93. The molecule has 19 heavy (non-hydrogen) atoms. The van der Waals surface area contributed by atoms with E-state index < -0.39 is 0 Å². The van der Waals surface area contributed by atoms with Gasteiger partial charge in [0, 0.05) is 5.56 Å². The van der Waals surface area contributed by atoms with E-state index in [1.807, 2.05) is 30.3 Å². The Hall–Kier alpha value is -2.14. The topological polar surface area (TPSA) is 65.0 Å². The van der Waals surface area contributed by atoms with Crippen molar-refractivity contribution < 1.29 is 8.94 Å². The first-order valence-electron chi connectivity index (χ1n) is 5.70. The fourth-order valence-electron chi connectivity index (χ4n) is 1.83. The third-order valence-electron chi connectivity index (χ3n) is 2.70. The predicted octanol–water partition coefficient (Wildman–Crippen LogP) is 3.44. The van der Waals surface area contributed by atoms with Crippen LogP contribution in [-0.4, -0.2) is 15.4 Å². The van der Waals surface area contributed by atoms with Crippen molar-refractivity contribution in [1.82, 2.24) is 15.4 Å². The summed E-state index contributed by atoms with van der Waals surface area (Å²) in [6, 6.07) is 9.69. The number of aromatic nitrogens is 3. The van der Waals surface area contributed by atoms with E-state index in [-0.39, 0.29) is 5.88 Å². The minimum atomic E-state index is 0.179. The highest BCUT2D eigenvalue weighted by molar-refractivity contribution is 6.16. The second kappa shape index (κ2) is 4.85. The zero-order chi connectivity index (χ0) is 13.2. The summed E-state index contributed by atoms with van der Waals surface area (Å²) < 4.78 is 10.7. The van der Waals surface area contributed by atoms with Gasteiger partial charge < -0.3 is 8.94 Å². The van der Waals surface area contributed by atoms with Crippen LogP contribution in [0.15, 0.2) is 39.3 Å². The first-order chi connectivity index (χ1) is 9.29. The number of benzene rings is 1. The largest absolute Gasteiger partial charge is 0.419 e. The van der Waals surface area contributed by atoms with Crippen LogP contribution in [0, 0.1) is 6.92 Å². The van der Waals surface area contributed by atoms with Crippen LogP contribution in [0.3, 0.4) is 0 Å². The Labute approximate surface area is 114 Å². The molecule has 2 heterocycles. The van der Waals surface area contributed by atoms with E-state index >= 15 is 0 Å². The molecule has 1 aromatic carbocycles.